The molecule has 1 N–H and O–H groups in total. The minimum Gasteiger partial charge on any atom is -0.497 e. The SMILES string of the molecule is COc1ccc([C@H]2[C@H](C(=O)NCCC3=CCCCC3)c3ccccc3C(=O)N2Cc2ccc(F)cc2)cc1. The Morgan fingerprint density at radius 2 is 1.79 bits per heavy atom. The van der Waals surface area contributed by atoms with Crippen molar-refractivity contribution in [2.75, 3.05) is 13.7 Å². The van der Waals surface area contributed by atoms with E-state index >= 15 is 0 Å². The first-order valence-corrected chi connectivity index (χ1v) is 13.3. The molecule has 1 heterocycles. The predicted molar refractivity (Wildman–Crippen MR) is 145 cm³/mol. The Hall–Kier alpha value is -3.93. The van der Waals surface area contributed by atoms with Crippen LogP contribution in [0.15, 0.2) is 84.4 Å². The number of methoxy groups -OCH3 is 1. The molecule has 3 aromatic carbocycles. The second kappa shape index (κ2) is 11.6. The average Bonchev–Trinajstić information content (AvgIpc) is 2.96. The first kappa shape index (κ1) is 25.7. The molecule has 5 rings (SSSR count). The molecule has 5 nitrogen and oxygen atoms in total. The largest absolute Gasteiger partial charge is 0.497 e. The Bertz CT molecular complexity index is 1320. The van der Waals surface area contributed by atoms with E-state index in [0.717, 1.165) is 36.0 Å². The lowest BCUT2D eigenvalue weighted by Gasteiger charge is -2.42. The van der Waals surface area contributed by atoms with Crippen LogP contribution < -0.4 is 10.1 Å². The van der Waals surface area contributed by atoms with Gasteiger partial charge in [0.2, 0.25) is 5.91 Å². The lowest BCUT2D eigenvalue weighted by molar-refractivity contribution is -0.124. The van der Waals surface area contributed by atoms with Crippen molar-refractivity contribution in [2.24, 2.45) is 0 Å². The van der Waals surface area contributed by atoms with Crippen LogP contribution in [-0.2, 0) is 11.3 Å². The summed E-state index contributed by atoms with van der Waals surface area (Å²) in [6, 6.07) is 20.5. The molecule has 0 spiro atoms. The van der Waals surface area contributed by atoms with Crippen molar-refractivity contribution in [3.63, 3.8) is 0 Å². The highest BCUT2D eigenvalue weighted by Gasteiger charge is 2.44. The van der Waals surface area contributed by atoms with Crippen LogP contribution >= 0.6 is 0 Å². The molecule has 0 saturated heterocycles. The van der Waals surface area contributed by atoms with Gasteiger partial charge in [0.05, 0.1) is 19.1 Å². The Balaban J connectivity index is 1.52. The van der Waals surface area contributed by atoms with E-state index in [2.05, 4.69) is 11.4 Å². The lowest BCUT2D eigenvalue weighted by atomic mass is 9.79. The van der Waals surface area contributed by atoms with Gasteiger partial charge >= 0.3 is 0 Å². The van der Waals surface area contributed by atoms with Gasteiger partial charge in [0.1, 0.15) is 11.6 Å². The zero-order valence-corrected chi connectivity index (χ0v) is 21.7. The van der Waals surface area contributed by atoms with Crippen LogP contribution in [0.4, 0.5) is 4.39 Å². The molecule has 1 aliphatic heterocycles. The van der Waals surface area contributed by atoms with Crippen LogP contribution in [0.25, 0.3) is 0 Å². The van der Waals surface area contributed by atoms with Crippen molar-refractivity contribution in [3.05, 3.63) is 113 Å². The maximum atomic E-state index is 13.9. The van der Waals surface area contributed by atoms with Gasteiger partial charge in [-0.1, -0.05) is 54.1 Å². The van der Waals surface area contributed by atoms with Gasteiger partial charge in [0.15, 0.2) is 0 Å². The predicted octanol–water partition coefficient (Wildman–Crippen LogP) is 6.32. The fraction of sp³-hybridized carbons (Fsp3) is 0.312. The van der Waals surface area contributed by atoms with Crippen molar-refractivity contribution >= 4 is 11.8 Å². The molecule has 0 saturated carbocycles. The number of allylic oxidation sites excluding steroid dienone is 1. The first-order valence-electron chi connectivity index (χ1n) is 13.3. The average molecular weight is 513 g/mol. The summed E-state index contributed by atoms with van der Waals surface area (Å²) in [5.74, 6) is -0.490. The maximum Gasteiger partial charge on any atom is 0.255 e. The first-order chi connectivity index (χ1) is 18.5. The molecule has 0 aromatic heterocycles. The Kier molecular flexibility index (Phi) is 7.87. The zero-order valence-electron chi connectivity index (χ0n) is 21.7. The number of hydrogen-bond donors (Lipinski definition) is 1. The number of hydrogen-bond acceptors (Lipinski definition) is 3. The fourth-order valence-corrected chi connectivity index (χ4v) is 5.60. The number of rotatable bonds is 8. The highest BCUT2D eigenvalue weighted by atomic mass is 19.1. The third kappa shape index (κ3) is 5.49. The van der Waals surface area contributed by atoms with Crippen molar-refractivity contribution in [1.82, 2.24) is 10.2 Å². The third-order valence-corrected chi connectivity index (χ3v) is 7.57. The van der Waals surface area contributed by atoms with Crippen LogP contribution in [0, 0.1) is 5.82 Å². The van der Waals surface area contributed by atoms with Crippen molar-refractivity contribution in [2.45, 2.75) is 50.6 Å². The second-order valence-electron chi connectivity index (χ2n) is 9.99. The number of carbonyl (C=O) groups excluding carboxylic acids is 2. The maximum absolute atomic E-state index is 13.9. The van der Waals surface area contributed by atoms with E-state index in [-0.39, 0.29) is 24.2 Å². The van der Waals surface area contributed by atoms with E-state index in [1.54, 1.807) is 30.2 Å². The highest BCUT2D eigenvalue weighted by Crippen LogP contribution is 2.44. The van der Waals surface area contributed by atoms with E-state index in [1.807, 2.05) is 42.5 Å². The Morgan fingerprint density at radius 1 is 1.03 bits per heavy atom. The third-order valence-electron chi connectivity index (χ3n) is 7.57. The number of fused-ring (bicyclic) bond motifs is 1. The number of benzene rings is 3. The van der Waals surface area contributed by atoms with E-state index in [0.29, 0.717) is 17.9 Å². The van der Waals surface area contributed by atoms with Crippen LogP contribution in [0.3, 0.4) is 0 Å². The number of ether oxygens (including phenoxy) is 1. The fourth-order valence-electron chi connectivity index (χ4n) is 5.60. The standard InChI is InChI=1S/C32H33FN2O3/c1-38-26-17-13-24(14-18-26)30-29(31(36)34-20-19-22-7-3-2-4-8-22)27-9-5-6-10-28(27)32(37)35(30)21-23-11-15-25(33)16-12-23/h5-7,9-18,29-30H,2-4,8,19-21H2,1H3,(H,34,36)/t29-,30+/m1/s1. The van der Waals surface area contributed by atoms with Crippen LogP contribution in [0.1, 0.15) is 71.1 Å². The van der Waals surface area contributed by atoms with E-state index < -0.39 is 12.0 Å². The lowest BCUT2D eigenvalue weighted by Crippen LogP contribution is -2.47. The van der Waals surface area contributed by atoms with Crippen LogP contribution in [0.5, 0.6) is 5.75 Å². The molecule has 196 valence electrons. The summed E-state index contributed by atoms with van der Waals surface area (Å²) in [7, 11) is 1.61. The topological polar surface area (TPSA) is 58.6 Å². The highest BCUT2D eigenvalue weighted by molar-refractivity contribution is 6.01. The molecule has 0 unspecified atom stereocenters. The summed E-state index contributed by atoms with van der Waals surface area (Å²) < 4.78 is 19.0. The molecule has 2 aliphatic rings. The number of amides is 2. The minimum absolute atomic E-state index is 0.105. The molecule has 6 heteroatoms. The van der Waals surface area contributed by atoms with E-state index in [4.69, 9.17) is 4.74 Å². The molecule has 0 radical (unpaired) electrons. The zero-order chi connectivity index (χ0) is 26.5. The Morgan fingerprint density at radius 3 is 2.50 bits per heavy atom. The monoisotopic (exact) mass is 512 g/mol. The number of halogens is 1. The van der Waals surface area contributed by atoms with E-state index in [9.17, 15) is 14.0 Å². The van der Waals surface area contributed by atoms with Crippen LogP contribution in [-0.4, -0.2) is 30.4 Å². The van der Waals surface area contributed by atoms with Gasteiger partial charge < -0.3 is 15.0 Å². The molecular weight excluding hydrogens is 479 g/mol. The van der Waals surface area contributed by atoms with Gasteiger partial charge in [-0.15, -0.1) is 0 Å². The smallest absolute Gasteiger partial charge is 0.255 e. The van der Waals surface area contributed by atoms with Crippen LogP contribution in [0.2, 0.25) is 0 Å². The second-order valence-corrected chi connectivity index (χ2v) is 9.99. The summed E-state index contributed by atoms with van der Waals surface area (Å²) in [6.07, 6.45) is 7.78. The summed E-state index contributed by atoms with van der Waals surface area (Å²) in [6.45, 7) is 0.811. The van der Waals surface area contributed by atoms with Crippen molar-refractivity contribution in [1.29, 1.82) is 0 Å². The molecular formula is C32H33FN2O3. The molecule has 0 bridgehead atoms. The summed E-state index contributed by atoms with van der Waals surface area (Å²) in [5, 5.41) is 3.18. The van der Waals surface area contributed by atoms with Gasteiger partial charge in [-0.25, -0.2) is 4.39 Å². The van der Waals surface area contributed by atoms with Crippen molar-refractivity contribution < 1.29 is 18.7 Å². The van der Waals surface area contributed by atoms with Crippen molar-refractivity contribution in [3.8, 4) is 5.75 Å². The quantitative estimate of drug-likeness (QED) is 0.359. The number of nitrogens with one attached hydrogen (secondary N) is 1. The molecule has 0 fully saturated rings. The van der Waals surface area contributed by atoms with Gasteiger partial charge in [-0.2, -0.15) is 0 Å². The van der Waals surface area contributed by atoms with E-state index in [1.165, 1.54) is 30.5 Å². The molecule has 3 aromatic rings. The molecule has 1 aliphatic carbocycles. The number of nitrogens with zero attached hydrogens (tertiary/aromatic N) is 1. The summed E-state index contributed by atoms with van der Waals surface area (Å²) in [4.78, 5) is 29.5. The summed E-state index contributed by atoms with van der Waals surface area (Å²) in [5.41, 5.74) is 4.28. The van der Waals surface area contributed by atoms with Gasteiger partial charge in [0, 0.05) is 18.7 Å². The van der Waals surface area contributed by atoms with Gasteiger partial charge in [0.25, 0.3) is 5.91 Å². The Labute approximate surface area is 223 Å². The molecule has 2 amide bonds. The number of carbonyl (C=O) groups is 2. The normalized spacial score (nSPS) is 18.9. The minimum atomic E-state index is -0.599. The van der Waals surface area contributed by atoms with Gasteiger partial charge in [-0.3, -0.25) is 9.59 Å². The van der Waals surface area contributed by atoms with Gasteiger partial charge in [-0.05, 0) is 79.1 Å². The molecule has 2 atom stereocenters. The summed E-state index contributed by atoms with van der Waals surface area (Å²) >= 11 is 0. The molecule has 38 heavy (non-hydrogen) atoms.